The molecule has 1 aliphatic carbocycles. The van der Waals surface area contributed by atoms with Gasteiger partial charge in [-0.3, -0.25) is 29.4 Å². The van der Waals surface area contributed by atoms with Gasteiger partial charge in [-0.25, -0.2) is 4.98 Å². The van der Waals surface area contributed by atoms with E-state index in [9.17, 15) is 24.4 Å². The molecule has 3 saturated heterocycles. The zero-order valence-electron chi connectivity index (χ0n) is 32.8. The quantitative estimate of drug-likeness (QED) is 0.254. The number of piperidine rings is 2. The number of pyridine rings is 1. The summed E-state index contributed by atoms with van der Waals surface area (Å²) in [5, 5.41) is 26.4. The van der Waals surface area contributed by atoms with Gasteiger partial charge in [0.25, 0.3) is 11.8 Å². The van der Waals surface area contributed by atoms with Crippen LogP contribution >= 0.6 is 11.6 Å². The number of nitriles is 1. The fourth-order valence-corrected chi connectivity index (χ4v) is 9.30. The summed E-state index contributed by atoms with van der Waals surface area (Å²) in [5.74, 6) is 0.394. The summed E-state index contributed by atoms with van der Waals surface area (Å²) >= 11 is 6.24. The van der Waals surface area contributed by atoms with Gasteiger partial charge in [0.2, 0.25) is 11.8 Å². The lowest BCUT2D eigenvalue weighted by Gasteiger charge is -2.63. The largest absolute Gasteiger partial charge is 0.489 e. The molecule has 2 aromatic heterocycles. The van der Waals surface area contributed by atoms with Crippen LogP contribution in [0.1, 0.15) is 79.9 Å². The van der Waals surface area contributed by atoms with Gasteiger partial charge in [0.05, 0.1) is 22.5 Å². The molecule has 1 saturated carbocycles. The van der Waals surface area contributed by atoms with Crippen LogP contribution in [0.15, 0.2) is 48.7 Å². The monoisotopic (exact) mass is 796 g/mol. The molecule has 16 heteroatoms. The number of amides is 4. The van der Waals surface area contributed by atoms with Crippen molar-refractivity contribution in [1.82, 2.24) is 36.0 Å². The van der Waals surface area contributed by atoms with Gasteiger partial charge in [0.15, 0.2) is 11.5 Å². The van der Waals surface area contributed by atoms with E-state index in [4.69, 9.17) is 16.3 Å². The fraction of sp³-hybridized carbons (Fsp3) is 0.512. The zero-order valence-corrected chi connectivity index (χ0v) is 33.5. The smallest absolute Gasteiger partial charge is 0.272 e. The molecule has 3 aromatic rings. The van der Waals surface area contributed by atoms with Crippen molar-refractivity contribution in [1.29, 1.82) is 5.26 Å². The number of benzene rings is 1. The summed E-state index contributed by atoms with van der Waals surface area (Å²) in [6.07, 6.45) is 4.05. The van der Waals surface area contributed by atoms with E-state index in [1.54, 1.807) is 36.5 Å². The highest BCUT2D eigenvalue weighted by atomic mass is 35.5. The number of carbonyl (C=O) groups is 4. The number of imide groups is 1. The topological polar surface area (TPSA) is 186 Å². The highest BCUT2D eigenvalue weighted by molar-refractivity contribution is 6.31. The Hall–Kier alpha value is -5.33. The van der Waals surface area contributed by atoms with E-state index in [1.165, 1.54) is 0 Å². The first-order valence-electron chi connectivity index (χ1n) is 19.6. The molecule has 1 aromatic carbocycles. The van der Waals surface area contributed by atoms with Crippen LogP contribution in [-0.4, -0.2) is 108 Å². The van der Waals surface area contributed by atoms with Gasteiger partial charge in [0.1, 0.15) is 29.7 Å². The minimum absolute atomic E-state index is 0.182. The number of hydrogen-bond donors (Lipinski definition) is 3. The van der Waals surface area contributed by atoms with Crippen LogP contribution in [0.5, 0.6) is 5.75 Å². The van der Waals surface area contributed by atoms with Crippen LogP contribution in [0.3, 0.4) is 0 Å². The number of ether oxygens (including phenoxy) is 1. The minimum Gasteiger partial charge on any atom is -0.489 e. The number of nitrogens with zero attached hydrogens (tertiary/aromatic N) is 7. The predicted octanol–water partition coefficient (Wildman–Crippen LogP) is 3.58. The number of rotatable bonds is 10. The Labute approximate surface area is 337 Å². The van der Waals surface area contributed by atoms with Crippen LogP contribution < -0.4 is 30.5 Å². The highest BCUT2D eigenvalue weighted by Crippen LogP contribution is 2.55. The number of halogens is 1. The van der Waals surface area contributed by atoms with Gasteiger partial charge < -0.3 is 25.2 Å². The second kappa shape index (κ2) is 16.3. The Morgan fingerprint density at radius 1 is 0.895 bits per heavy atom. The molecule has 0 bridgehead atoms. The van der Waals surface area contributed by atoms with Crippen molar-refractivity contribution >= 4 is 46.7 Å². The molecule has 3 aliphatic heterocycles. The summed E-state index contributed by atoms with van der Waals surface area (Å²) < 4.78 is 6.35. The lowest BCUT2D eigenvalue weighted by atomic mass is 9.49. The van der Waals surface area contributed by atoms with Crippen LogP contribution in [-0.2, 0) is 9.59 Å². The van der Waals surface area contributed by atoms with Gasteiger partial charge in [-0.05, 0) is 61.6 Å². The third-order valence-corrected chi connectivity index (χ3v) is 12.3. The van der Waals surface area contributed by atoms with Crippen LogP contribution in [0.25, 0.3) is 0 Å². The maximum absolute atomic E-state index is 13.4. The van der Waals surface area contributed by atoms with Gasteiger partial charge in [-0.1, -0.05) is 39.3 Å². The first-order valence-corrected chi connectivity index (χ1v) is 19.9. The van der Waals surface area contributed by atoms with Crippen molar-refractivity contribution in [2.45, 2.75) is 71.6 Å². The maximum atomic E-state index is 13.4. The zero-order chi connectivity index (χ0) is 40.5. The molecule has 0 radical (unpaired) electrons. The normalized spacial score (nSPS) is 23.5. The van der Waals surface area contributed by atoms with Crippen LogP contribution in [0.2, 0.25) is 5.02 Å². The third kappa shape index (κ3) is 8.52. The van der Waals surface area contributed by atoms with Crippen molar-refractivity contribution in [3.63, 3.8) is 0 Å². The lowest BCUT2D eigenvalue weighted by molar-refractivity contribution is -0.164. The first kappa shape index (κ1) is 39.9. The number of aromatic nitrogens is 3. The van der Waals surface area contributed by atoms with E-state index in [2.05, 4.69) is 79.6 Å². The number of nitrogens with one attached hydrogen (secondary N) is 3. The summed E-state index contributed by atoms with van der Waals surface area (Å²) in [7, 11) is 0. The Morgan fingerprint density at radius 3 is 2.21 bits per heavy atom. The van der Waals surface area contributed by atoms with E-state index < -0.39 is 28.7 Å². The van der Waals surface area contributed by atoms with Gasteiger partial charge in [0, 0.05) is 75.2 Å². The average Bonchev–Trinajstić information content (AvgIpc) is 3.20. The second-order valence-electron chi connectivity index (χ2n) is 16.7. The van der Waals surface area contributed by atoms with E-state index in [1.807, 2.05) is 12.1 Å². The van der Waals surface area contributed by atoms with E-state index in [0.29, 0.717) is 22.3 Å². The number of piperazine rings is 1. The molecule has 300 valence electrons. The Kier molecular flexibility index (Phi) is 11.4. The number of anilines is 2. The van der Waals surface area contributed by atoms with Gasteiger partial charge in [-0.2, -0.15) is 5.26 Å². The molecular weight excluding hydrogens is 748 g/mol. The number of carbonyl (C=O) groups excluding carboxylic acids is 4. The summed E-state index contributed by atoms with van der Waals surface area (Å²) in [6.45, 7) is 14.6. The molecule has 4 amide bonds. The third-order valence-electron chi connectivity index (χ3n) is 12.0. The average molecular weight is 797 g/mol. The van der Waals surface area contributed by atoms with E-state index in [0.717, 1.165) is 70.2 Å². The minimum atomic E-state index is -0.738. The van der Waals surface area contributed by atoms with Crippen molar-refractivity contribution in [2.75, 3.05) is 55.6 Å². The molecule has 1 atom stereocenters. The molecule has 7 rings (SSSR count). The Balaban J connectivity index is 0.832. The SMILES string of the molecule is CC1(C)[C@H](NC(=O)c2ccc(N3CCC(CN4CCN(c5ccc(C(=O)NC6CCC(=O)NC6=O)nc5)CC4)CC3)nn2)C(C)(C)[C@H]1Oc1ccc(C#N)c(Cl)c1. The standard InChI is InChI=1S/C41H49ClN10O5/c1-40(2)38(41(3,4)39(40)57-28-7-5-26(22-43)29(42)21-28)47-37(56)32-9-11-33(49-48-32)52-15-13-25(14-16-52)24-50-17-19-51(20-18-50)27-6-8-30(44-23-27)35(54)45-31-10-12-34(53)46-36(31)55/h5-9,11,21,23,25,31,38-39H,10,12-20,24H2,1-4H3,(H,45,54)(H,47,56)(H,46,53,55)/t31?,38-,39-. The lowest BCUT2D eigenvalue weighted by Crippen LogP contribution is -2.74. The fourth-order valence-electron chi connectivity index (χ4n) is 9.09. The molecule has 5 heterocycles. The van der Waals surface area contributed by atoms with Crippen molar-refractivity contribution < 1.29 is 23.9 Å². The van der Waals surface area contributed by atoms with E-state index in [-0.39, 0.29) is 48.2 Å². The highest BCUT2D eigenvalue weighted by Gasteiger charge is 2.64. The first-order chi connectivity index (χ1) is 27.2. The van der Waals surface area contributed by atoms with E-state index >= 15 is 0 Å². The van der Waals surface area contributed by atoms with Gasteiger partial charge >= 0.3 is 0 Å². The van der Waals surface area contributed by atoms with Gasteiger partial charge in [-0.15, -0.1) is 10.2 Å². The molecule has 4 aliphatic rings. The Morgan fingerprint density at radius 2 is 1.60 bits per heavy atom. The summed E-state index contributed by atoms with van der Waals surface area (Å²) in [4.78, 5) is 60.8. The molecule has 1 unspecified atom stereocenters. The molecule has 15 nitrogen and oxygen atoms in total. The second-order valence-corrected chi connectivity index (χ2v) is 17.1. The number of hydrogen-bond acceptors (Lipinski definition) is 12. The van der Waals surface area contributed by atoms with Crippen LogP contribution in [0, 0.1) is 28.1 Å². The van der Waals surface area contributed by atoms with Crippen molar-refractivity contribution in [2.24, 2.45) is 16.7 Å². The molecule has 4 fully saturated rings. The Bertz CT molecular complexity index is 2020. The molecule has 0 spiro atoms. The molecule has 57 heavy (non-hydrogen) atoms. The van der Waals surface area contributed by atoms with Crippen LogP contribution in [0.4, 0.5) is 11.5 Å². The van der Waals surface area contributed by atoms with Crippen molar-refractivity contribution in [3.05, 3.63) is 70.6 Å². The summed E-state index contributed by atoms with van der Waals surface area (Å²) in [5.41, 5.74) is 1.06. The molecular formula is C41H49ClN10O5. The summed E-state index contributed by atoms with van der Waals surface area (Å²) in [6, 6.07) is 13.4. The maximum Gasteiger partial charge on any atom is 0.272 e. The molecule has 3 N–H and O–H groups in total. The predicted molar refractivity (Wildman–Crippen MR) is 213 cm³/mol. The van der Waals surface area contributed by atoms with Crippen molar-refractivity contribution in [3.8, 4) is 11.8 Å².